The number of fused-ring (bicyclic) bond motifs is 1. The predicted molar refractivity (Wildman–Crippen MR) is 130 cm³/mol. The van der Waals surface area contributed by atoms with Crippen molar-refractivity contribution in [3.63, 3.8) is 0 Å². The fourth-order valence-electron chi connectivity index (χ4n) is 4.86. The average molecular weight is 423 g/mol. The molecule has 3 nitrogen and oxygen atoms in total. The van der Waals surface area contributed by atoms with Crippen molar-refractivity contribution in [2.24, 2.45) is 0 Å². The number of aromatic nitrogens is 1. The first kappa shape index (κ1) is 20.6. The molecule has 4 aromatic rings. The molecule has 1 unspecified atom stereocenters. The Morgan fingerprint density at radius 2 is 1.66 bits per heavy atom. The van der Waals surface area contributed by atoms with E-state index in [1.165, 1.54) is 27.9 Å². The summed E-state index contributed by atoms with van der Waals surface area (Å²) in [5.41, 5.74) is 6.72. The molecular formula is C29H30N2O. The lowest BCUT2D eigenvalue weighted by atomic mass is 9.95. The van der Waals surface area contributed by atoms with Crippen molar-refractivity contribution in [1.82, 2.24) is 9.47 Å². The third kappa shape index (κ3) is 4.35. The molecule has 1 aliphatic heterocycles. The van der Waals surface area contributed by atoms with Crippen molar-refractivity contribution in [3.8, 4) is 11.5 Å². The number of nitrogens with zero attached hydrogens (tertiary/aromatic N) is 2. The molecule has 1 atom stereocenters. The van der Waals surface area contributed by atoms with E-state index in [4.69, 9.17) is 4.74 Å². The monoisotopic (exact) mass is 422 g/mol. The predicted octanol–water partition coefficient (Wildman–Crippen LogP) is 6.89. The van der Waals surface area contributed by atoms with Gasteiger partial charge < -0.3 is 9.30 Å². The molecule has 1 aromatic heterocycles. The number of aryl methyl sites for hydroxylation is 3. The fraction of sp³-hybridized carbons (Fsp3) is 0.241. The van der Waals surface area contributed by atoms with Gasteiger partial charge in [0, 0.05) is 31.5 Å². The van der Waals surface area contributed by atoms with Crippen molar-refractivity contribution in [3.05, 3.63) is 119 Å². The van der Waals surface area contributed by atoms with Gasteiger partial charge in [-0.25, -0.2) is 0 Å². The maximum atomic E-state index is 6.10. The van der Waals surface area contributed by atoms with E-state index in [1.807, 2.05) is 36.4 Å². The lowest BCUT2D eigenvalue weighted by molar-refractivity contribution is 0.219. The van der Waals surface area contributed by atoms with Crippen LogP contribution in [0.5, 0.6) is 11.5 Å². The van der Waals surface area contributed by atoms with Crippen LogP contribution in [0.15, 0.2) is 91.1 Å². The van der Waals surface area contributed by atoms with E-state index in [-0.39, 0.29) is 6.04 Å². The van der Waals surface area contributed by atoms with Crippen molar-refractivity contribution in [2.45, 2.75) is 39.4 Å². The minimum Gasteiger partial charge on any atom is -0.457 e. The van der Waals surface area contributed by atoms with Gasteiger partial charge in [-0.15, -0.1) is 0 Å². The summed E-state index contributed by atoms with van der Waals surface area (Å²) in [5, 5.41) is 0. The molecule has 0 bridgehead atoms. The Morgan fingerprint density at radius 1 is 0.812 bits per heavy atom. The van der Waals surface area contributed by atoms with Gasteiger partial charge in [0.25, 0.3) is 0 Å². The highest BCUT2D eigenvalue weighted by Crippen LogP contribution is 2.35. The van der Waals surface area contributed by atoms with E-state index in [2.05, 4.69) is 78.0 Å². The smallest absolute Gasteiger partial charge is 0.127 e. The molecule has 0 N–H and O–H groups in total. The van der Waals surface area contributed by atoms with Gasteiger partial charge >= 0.3 is 0 Å². The summed E-state index contributed by atoms with van der Waals surface area (Å²) in [4.78, 5) is 2.62. The summed E-state index contributed by atoms with van der Waals surface area (Å²) in [6.07, 6.45) is 3.37. The van der Waals surface area contributed by atoms with E-state index < -0.39 is 0 Å². The van der Waals surface area contributed by atoms with Crippen molar-refractivity contribution in [2.75, 3.05) is 6.54 Å². The highest BCUT2D eigenvalue weighted by atomic mass is 16.5. The number of hydrogen-bond donors (Lipinski definition) is 0. The van der Waals surface area contributed by atoms with Gasteiger partial charge in [-0.2, -0.15) is 0 Å². The molecule has 0 spiro atoms. The minimum absolute atomic E-state index is 0.242. The maximum Gasteiger partial charge on any atom is 0.127 e. The van der Waals surface area contributed by atoms with Crippen LogP contribution in [0.4, 0.5) is 0 Å². The van der Waals surface area contributed by atoms with Crippen LogP contribution in [0.3, 0.4) is 0 Å². The van der Waals surface area contributed by atoms with Crippen molar-refractivity contribution >= 4 is 0 Å². The highest BCUT2D eigenvalue weighted by molar-refractivity contribution is 5.39. The third-order valence-corrected chi connectivity index (χ3v) is 6.34. The SMILES string of the molecule is Cc1ccc(C2c3cccn3CCCN2Cc2cccc(Oc3ccccc3)c2)c(C)c1. The van der Waals surface area contributed by atoms with Crippen LogP contribution >= 0.6 is 0 Å². The standard InChI is InChI=1S/C29H30N2O/c1-22-14-15-27(23(2)19-22)29-28-13-7-16-30(28)17-8-18-31(29)21-24-9-6-12-26(20-24)32-25-10-4-3-5-11-25/h3-7,9-16,19-20,29H,8,17-18,21H2,1-2H3. The van der Waals surface area contributed by atoms with E-state index in [0.29, 0.717) is 0 Å². The number of hydrogen-bond acceptors (Lipinski definition) is 2. The number of benzene rings is 3. The lowest BCUT2D eigenvalue weighted by Crippen LogP contribution is -2.30. The van der Waals surface area contributed by atoms with E-state index >= 15 is 0 Å². The van der Waals surface area contributed by atoms with Crippen LogP contribution in [0.2, 0.25) is 0 Å². The van der Waals surface area contributed by atoms with Crippen LogP contribution in [0.25, 0.3) is 0 Å². The van der Waals surface area contributed by atoms with Gasteiger partial charge in [0.2, 0.25) is 0 Å². The fourth-order valence-corrected chi connectivity index (χ4v) is 4.86. The summed E-state index contributed by atoms with van der Waals surface area (Å²) in [5.74, 6) is 1.75. The first-order chi connectivity index (χ1) is 15.7. The summed E-state index contributed by atoms with van der Waals surface area (Å²) in [6, 6.07) is 30.1. The van der Waals surface area contributed by atoms with Crippen LogP contribution in [0, 0.1) is 13.8 Å². The van der Waals surface area contributed by atoms with Crippen molar-refractivity contribution < 1.29 is 4.74 Å². The Kier molecular flexibility index (Phi) is 5.83. The Labute approximate surface area is 190 Å². The zero-order valence-corrected chi connectivity index (χ0v) is 18.9. The number of rotatable bonds is 5. The van der Waals surface area contributed by atoms with Gasteiger partial charge in [-0.3, -0.25) is 4.90 Å². The van der Waals surface area contributed by atoms with Crippen molar-refractivity contribution in [1.29, 1.82) is 0 Å². The minimum atomic E-state index is 0.242. The van der Waals surface area contributed by atoms with Gasteiger partial charge in [0.05, 0.1) is 6.04 Å². The molecule has 2 heterocycles. The first-order valence-electron chi connectivity index (χ1n) is 11.5. The molecule has 0 saturated carbocycles. The summed E-state index contributed by atoms with van der Waals surface area (Å²) in [7, 11) is 0. The van der Waals surface area contributed by atoms with Crippen LogP contribution in [-0.2, 0) is 13.1 Å². The highest BCUT2D eigenvalue weighted by Gasteiger charge is 2.28. The second-order valence-electron chi connectivity index (χ2n) is 8.78. The Hall–Kier alpha value is -3.30. The second kappa shape index (κ2) is 9.05. The van der Waals surface area contributed by atoms with Gasteiger partial charge in [-0.1, -0.05) is 54.1 Å². The Bertz CT molecular complexity index is 1190. The molecular weight excluding hydrogens is 392 g/mol. The second-order valence-corrected chi connectivity index (χ2v) is 8.78. The molecule has 162 valence electrons. The topological polar surface area (TPSA) is 17.4 Å². The van der Waals surface area contributed by atoms with Crippen LogP contribution in [-0.4, -0.2) is 16.0 Å². The first-order valence-corrected chi connectivity index (χ1v) is 11.5. The molecule has 0 fully saturated rings. The summed E-state index contributed by atoms with van der Waals surface area (Å²) in [6.45, 7) is 7.42. The van der Waals surface area contributed by atoms with E-state index in [9.17, 15) is 0 Å². The van der Waals surface area contributed by atoms with E-state index in [0.717, 1.165) is 37.6 Å². The zero-order chi connectivity index (χ0) is 21.9. The van der Waals surface area contributed by atoms with E-state index in [1.54, 1.807) is 0 Å². The Morgan fingerprint density at radius 3 is 2.50 bits per heavy atom. The molecule has 3 heteroatoms. The quantitative estimate of drug-likeness (QED) is 0.348. The molecule has 1 aliphatic rings. The molecule has 0 amide bonds. The third-order valence-electron chi connectivity index (χ3n) is 6.34. The van der Waals surface area contributed by atoms with Crippen LogP contribution < -0.4 is 4.74 Å². The summed E-state index contributed by atoms with van der Waals surface area (Å²) < 4.78 is 8.53. The molecule has 32 heavy (non-hydrogen) atoms. The molecule has 0 aliphatic carbocycles. The largest absolute Gasteiger partial charge is 0.457 e. The normalized spacial score (nSPS) is 16.4. The van der Waals surface area contributed by atoms with Gasteiger partial charge in [-0.05, 0) is 73.4 Å². The van der Waals surface area contributed by atoms with Crippen LogP contribution in [0.1, 0.15) is 40.4 Å². The summed E-state index contributed by atoms with van der Waals surface area (Å²) >= 11 is 0. The molecule has 0 radical (unpaired) electrons. The zero-order valence-electron chi connectivity index (χ0n) is 18.9. The van der Waals surface area contributed by atoms with Gasteiger partial charge in [0.1, 0.15) is 11.5 Å². The maximum absolute atomic E-state index is 6.10. The molecule has 3 aromatic carbocycles. The number of ether oxygens (including phenoxy) is 1. The lowest BCUT2D eigenvalue weighted by Gasteiger charge is -2.32. The number of para-hydroxylation sites is 1. The molecule has 0 saturated heterocycles. The van der Waals surface area contributed by atoms with Gasteiger partial charge in [0.15, 0.2) is 0 Å². The Balaban J connectivity index is 1.47. The average Bonchev–Trinajstić information content (AvgIpc) is 3.18. The molecule has 5 rings (SSSR count).